The summed E-state index contributed by atoms with van der Waals surface area (Å²) in [5.74, 6) is 0.640. The topological polar surface area (TPSA) is 54.0 Å². The Labute approximate surface area is 125 Å². The molecule has 5 heteroatoms. The molecule has 0 bridgehead atoms. The molecule has 0 saturated heterocycles. The number of hydrogen-bond donors (Lipinski definition) is 0. The van der Waals surface area contributed by atoms with Crippen LogP contribution in [0.25, 0.3) is 0 Å². The Morgan fingerprint density at radius 1 is 1.29 bits per heavy atom. The second-order valence-corrected chi connectivity index (χ2v) is 4.27. The Morgan fingerprint density at radius 2 is 2.00 bits per heavy atom. The highest BCUT2D eigenvalue weighted by Gasteiger charge is 2.24. The van der Waals surface area contributed by atoms with Crippen molar-refractivity contribution in [3.63, 3.8) is 0 Å². The second-order valence-electron chi connectivity index (χ2n) is 4.27. The van der Waals surface area contributed by atoms with Crippen molar-refractivity contribution in [2.75, 3.05) is 27.9 Å². The van der Waals surface area contributed by atoms with Crippen molar-refractivity contribution in [1.82, 2.24) is 0 Å². The SMILES string of the molecule is C=CCc1c(OC)cc(COC)c(C(=O)OCC)c1OC. The van der Waals surface area contributed by atoms with E-state index in [1.165, 1.54) is 7.11 Å². The number of rotatable bonds is 8. The maximum atomic E-state index is 12.3. The first-order valence-electron chi connectivity index (χ1n) is 6.68. The van der Waals surface area contributed by atoms with Gasteiger partial charge in [0.2, 0.25) is 0 Å². The number of ether oxygens (including phenoxy) is 4. The molecule has 0 heterocycles. The van der Waals surface area contributed by atoms with Crippen molar-refractivity contribution in [2.45, 2.75) is 20.0 Å². The molecule has 1 aromatic carbocycles. The van der Waals surface area contributed by atoms with Gasteiger partial charge in [-0.3, -0.25) is 0 Å². The fourth-order valence-electron chi connectivity index (χ4n) is 2.17. The van der Waals surface area contributed by atoms with Gasteiger partial charge in [-0.2, -0.15) is 0 Å². The average Bonchev–Trinajstić information content (AvgIpc) is 2.48. The molecule has 0 atom stereocenters. The molecule has 0 aliphatic carbocycles. The van der Waals surface area contributed by atoms with Crippen LogP contribution in [0.3, 0.4) is 0 Å². The van der Waals surface area contributed by atoms with Crippen LogP contribution in [0, 0.1) is 0 Å². The highest BCUT2D eigenvalue weighted by atomic mass is 16.5. The molecular weight excluding hydrogens is 272 g/mol. The Kier molecular flexibility index (Phi) is 6.75. The highest BCUT2D eigenvalue weighted by Crippen LogP contribution is 2.36. The standard InChI is InChI=1S/C16H22O5/c1-6-8-12-13(19-4)9-11(10-18-3)14(15(12)20-5)16(17)21-7-2/h6,9H,1,7-8,10H2,2-5H3. The number of esters is 1. The number of methoxy groups -OCH3 is 3. The summed E-state index contributed by atoms with van der Waals surface area (Å²) in [5, 5.41) is 0. The van der Waals surface area contributed by atoms with Crippen molar-refractivity contribution < 1.29 is 23.7 Å². The summed E-state index contributed by atoms with van der Waals surface area (Å²) in [7, 11) is 4.65. The van der Waals surface area contributed by atoms with Gasteiger partial charge in [0.1, 0.15) is 17.1 Å². The molecule has 0 unspecified atom stereocenters. The third-order valence-corrected chi connectivity index (χ3v) is 2.98. The van der Waals surface area contributed by atoms with Crippen LogP contribution in [-0.2, 0) is 22.5 Å². The summed E-state index contributed by atoms with van der Waals surface area (Å²) in [6.45, 7) is 6.03. The molecule has 0 saturated carbocycles. The van der Waals surface area contributed by atoms with Crippen LogP contribution < -0.4 is 9.47 Å². The van der Waals surface area contributed by atoms with Gasteiger partial charge < -0.3 is 18.9 Å². The minimum absolute atomic E-state index is 0.259. The summed E-state index contributed by atoms with van der Waals surface area (Å²) in [4.78, 5) is 12.3. The molecule has 116 valence electrons. The molecule has 0 aromatic heterocycles. The number of carbonyl (C=O) groups excluding carboxylic acids is 1. The third-order valence-electron chi connectivity index (χ3n) is 2.98. The van der Waals surface area contributed by atoms with Gasteiger partial charge in [-0.25, -0.2) is 4.79 Å². The molecule has 21 heavy (non-hydrogen) atoms. The molecule has 0 aliphatic rings. The third kappa shape index (κ3) is 3.76. The quantitative estimate of drug-likeness (QED) is 0.545. The zero-order valence-corrected chi connectivity index (χ0v) is 13.0. The van der Waals surface area contributed by atoms with E-state index in [-0.39, 0.29) is 13.2 Å². The number of allylic oxidation sites excluding steroid dienone is 1. The van der Waals surface area contributed by atoms with Crippen LogP contribution in [0.5, 0.6) is 11.5 Å². The molecule has 0 spiro atoms. The summed E-state index contributed by atoms with van der Waals surface area (Å²) < 4.78 is 21.1. The molecule has 0 N–H and O–H groups in total. The fraction of sp³-hybridized carbons (Fsp3) is 0.438. The van der Waals surface area contributed by atoms with Crippen LogP contribution in [0.15, 0.2) is 18.7 Å². The predicted molar refractivity (Wildman–Crippen MR) is 80.1 cm³/mol. The van der Waals surface area contributed by atoms with E-state index in [1.807, 2.05) is 0 Å². The number of carbonyl (C=O) groups is 1. The lowest BCUT2D eigenvalue weighted by Crippen LogP contribution is -2.13. The van der Waals surface area contributed by atoms with Gasteiger partial charge in [-0.1, -0.05) is 6.08 Å². The molecule has 0 radical (unpaired) electrons. The second kappa shape index (κ2) is 8.32. The Morgan fingerprint density at radius 3 is 2.48 bits per heavy atom. The molecule has 1 aromatic rings. The lowest BCUT2D eigenvalue weighted by Gasteiger charge is -2.19. The van der Waals surface area contributed by atoms with Gasteiger partial charge in [0.25, 0.3) is 0 Å². The Bertz CT molecular complexity index is 508. The van der Waals surface area contributed by atoms with Gasteiger partial charge in [-0.05, 0) is 25.0 Å². The summed E-state index contributed by atoms with van der Waals surface area (Å²) >= 11 is 0. The minimum Gasteiger partial charge on any atom is -0.496 e. The van der Waals surface area contributed by atoms with Crippen molar-refractivity contribution in [3.05, 3.63) is 35.4 Å². The first-order valence-corrected chi connectivity index (χ1v) is 6.68. The largest absolute Gasteiger partial charge is 0.496 e. The summed E-state index contributed by atoms with van der Waals surface area (Å²) in [6, 6.07) is 1.77. The predicted octanol–water partition coefficient (Wildman–Crippen LogP) is 2.76. The maximum Gasteiger partial charge on any atom is 0.342 e. The molecule has 0 aliphatic heterocycles. The van der Waals surface area contributed by atoms with Crippen LogP contribution >= 0.6 is 0 Å². The maximum absolute atomic E-state index is 12.3. The van der Waals surface area contributed by atoms with E-state index in [0.717, 1.165) is 5.56 Å². The van der Waals surface area contributed by atoms with Crippen molar-refractivity contribution in [1.29, 1.82) is 0 Å². The molecule has 0 amide bonds. The van der Waals surface area contributed by atoms with E-state index in [4.69, 9.17) is 18.9 Å². The first-order chi connectivity index (χ1) is 10.1. The van der Waals surface area contributed by atoms with E-state index >= 15 is 0 Å². The van der Waals surface area contributed by atoms with Gasteiger partial charge in [0.15, 0.2) is 0 Å². The van der Waals surface area contributed by atoms with Crippen LogP contribution in [0.2, 0.25) is 0 Å². The lowest BCUT2D eigenvalue weighted by molar-refractivity contribution is 0.0517. The van der Waals surface area contributed by atoms with Crippen LogP contribution in [-0.4, -0.2) is 33.9 Å². The highest BCUT2D eigenvalue weighted by molar-refractivity contribution is 5.95. The van der Waals surface area contributed by atoms with Crippen molar-refractivity contribution in [3.8, 4) is 11.5 Å². The van der Waals surface area contributed by atoms with Gasteiger partial charge in [0.05, 0.1) is 27.4 Å². The Balaban J connectivity index is 3.57. The van der Waals surface area contributed by atoms with Crippen molar-refractivity contribution >= 4 is 5.97 Å². The minimum atomic E-state index is -0.436. The lowest BCUT2D eigenvalue weighted by atomic mass is 9.99. The van der Waals surface area contributed by atoms with E-state index in [2.05, 4.69) is 6.58 Å². The van der Waals surface area contributed by atoms with Gasteiger partial charge in [0, 0.05) is 12.7 Å². The van der Waals surface area contributed by atoms with E-state index < -0.39 is 5.97 Å². The molecule has 1 rings (SSSR count). The van der Waals surface area contributed by atoms with E-state index in [9.17, 15) is 4.79 Å². The molecular formula is C16H22O5. The Hall–Kier alpha value is -2.01. The molecule has 0 fully saturated rings. The normalized spacial score (nSPS) is 10.1. The van der Waals surface area contributed by atoms with Gasteiger partial charge in [-0.15, -0.1) is 6.58 Å². The smallest absolute Gasteiger partial charge is 0.342 e. The average molecular weight is 294 g/mol. The number of benzene rings is 1. The first kappa shape index (κ1) is 17.0. The zero-order valence-electron chi connectivity index (χ0n) is 13.0. The van der Waals surface area contributed by atoms with E-state index in [0.29, 0.717) is 29.0 Å². The van der Waals surface area contributed by atoms with E-state index in [1.54, 1.807) is 33.3 Å². The number of hydrogen-bond acceptors (Lipinski definition) is 5. The zero-order chi connectivity index (χ0) is 15.8. The monoisotopic (exact) mass is 294 g/mol. The van der Waals surface area contributed by atoms with Crippen molar-refractivity contribution in [2.24, 2.45) is 0 Å². The van der Waals surface area contributed by atoms with Crippen LogP contribution in [0.4, 0.5) is 0 Å². The summed E-state index contributed by atoms with van der Waals surface area (Å²) in [5.41, 5.74) is 1.80. The summed E-state index contributed by atoms with van der Waals surface area (Å²) in [6.07, 6.45) is 2.25. The molecule has 5 nitrogen and oxygen atoms in total. The van der Waals surface area contributed by atoms with Gasteiger partial charge >= 0.3 is 5.97 Å². The van der Waals surface area contributed by atoms with Crippen LogP contribution in [0.1, 0.15) is 28.4 Å². The fourth-order valence-corrected chi connectivity index (χ4v) is 2.17.